The number of aromatic nitrogens is 4. The van der Waals surface area contributed by atoms with Crippen LogP contribution in [-0.2, 0) is 9.53 Å². The van der Waals surface area contributed by atoms with Gasteiger partial charge in [-0.15, -0.1) is 5.10 Å². The molecule has 21 heavy (non-hydrogen) atoms. The molecule has 0 fully saturated rings. The van der Waals surface area contributed by atoms with E-state index < -0.39 is 5.97 Å². The molecule has 0 amide bonds. The van der Waals surface area contributed by atoms with E-state index >= 15 is 0 Å². The fourth-order valence-corrected chi connectivity index (χ4v) is 1.72. The first-order valence-corrected chi connectivity index (χ1v) is 6.44. The van der Waals surface area contributed by atoms with Gasteiger partial charge in [0.15, 0.2) is 11.5 Å². The molecule has 0 aliphatic carbocycles. The van der Waals surface area contributed by atoms with Gasteiger partial charge in [-0.2, -0.15) is 4.68 Å². The van der Waals surface area contributed by atoms with Gasteiger partial charge in [-0.05, 0) is 48.0 Å². The van der Waals surface area contributed by atoms with Gasteiger partial charge < -0.3 is 9.47 Å². The molecule has 7 nitrogen and oxygen atoms in total. The summed E-state index contributed by atoms with van der Waals surface area (Å²) >= 11 is 0. The number of nitrogens with zero attached hydrogens (tertiary/aromatic N) is 4. The Labute approximate surface area is 122 Å². The number of hydrogen-bond donors (Lipinski definition) is 0. The van der Waals surface area contributed by atoms with Crippen LogP contribution in [0.25, 0.3) is 11.8 Å². The smallest absolute Gasteiger partial charge is 0.357 e. The minimum Gasteiger partial charge on any atom is -0.497 e. The SMILES string of the molecule is CCOC(=O)/C(=C\c1ccc(OC)cc1)n1nnnc1C. The van der Waals surface area contributed by atoms with Gasteiger partial charge in [-0.1, -0.05) is 12.1 Å². The molecule has 0 aliphatic rings. The van der Waals surface area contributed by atoms with Crippen molar-refractivity contribution in [1.82, 2.24) is 20.2 Å². The largest absolute Gasteiger partial charge is 0.497 e. The van der Waals surface area contributed by atoms with Crippen LogP contribution in [0.4, 0.5) is 0 Å². The summed E-state index contributed by atoms with van der Waals surface area (Å²) in [6.45, 7) is 3.73. The Morgan fingerprint density at radius 2 is 2.05 bits per heavy atom. The lowest BCUT2D eigenvalue weighted by Gasteiger charge is -2.07. The normalized spacial score (nSPS) is 11.3. The first kappa shape index (κ1) is 14.7. The quantitative estimate of drug-likeness (QED) is 0.613. The minimum absolute atomic E-state index is 0.254. The van der Waals surface area contributed by atoms with Crippen molar-refractivity contribution in [3.05, 3.63) is 35.7 Å². The zero-order valence-corrected chi connectivity index (χ0v) is 12.1. The molecule has 0 radical (unpaired) electrons. The zero-order valence-electron chi connectivity index (χ0n) is 12.1. The number of hydrogen-bond acceptors (Lipinski definition) is 6. The second-order valence-electron chi connectivity index (χ2n) is 4.16. The van der Waals surface area contributed by atoms with Gasteiger partial charge in [-0.3, -0.25) is 0 Å². The summed E-state index contributed by atoms with van der Waals surface area (Å²) in [5.41, 5.74) is 1.07. The number of ether oxygens (including phenoxy) is 2. The molecule has 0 bridgehead atoms. The van der Waals surface area contributed by atoms with Crippen molar-refractivity contribution in [2.45, 2.75) is 13.8 Å². The van der Waals surface area contributed by atoms with E-state index in [4.69, 9.17) is 9.47 Å². The van der Waals surface area contributed by atoms with Crippen molar-refractivity contribution in [3.8, 4) is 5.75 Å². The summed E-state index contributed by atoms with van der Waals surface area (Å²) in [4.78, 5) is 12.1. The van der Waals surface area contributed by atoms with Crippen LogP contribution in [0.15, 0.2) is 24.3 Å². The number of tetrazole rings is 1. The third-order valence-corrected chi connectivity index (χ3v) is 2.76. The number of carbonyl (C=O) groups is 1. The van der Waals surface area contributed by atoms with Crippen molar-refractivity contribution >= 4 is 17.7 Å². The van der Waals surface area contributed by atoms with Crippen LogP contribution in [0, 0.1) is 6.92 Å². The molecule has 0 saturated heterocycles. The highest BCUT2D eigenvalue weighted by Crippen LogP contribution is 2.17. The first-order valence-electron chi connectivity index (χ1n) is 6.44. The number of benzene rings is 1. The first-order chi connectivity index (χ1) is 10.2. The lowest BCUT2D eigenvalue weighted by Crippen LogP contribution is -2.14. The third kappa shape index (κ3) is 3.44. The number of esters is 1. The van der Waals surface area contributed by atoms with Crippen LogP contribution < -0.4 is 4.74 Å². The van der Waals surface area contributed by atoms with Crippen LogP contribution in [0.2, 0.25) is 0 Å². The second kappa shape index (κ2) is 6.65. The lowest BCUT2D eigenvalue weighted by molar-refractivity contribution is -0.136. The van der Waals surface area contributed by atoms with Crippen molar-refractivity contribution in [1.29, 1.82) is 0 Å². The monoisotopic (exact) mass is 288 g/mol. The van der Waals surface area contributed by atoms with E-state index in [-0.39, 0.29) is 12.3 Å². The molecular weight excluding hydrogens is 272 g/mol. The second-order valence-corrected chi connectivity index (χ2v) is 4.16. The molecule has 110 valence electrons. The van der Waals surface area contributed by atoms with Gasteiger partial charge in [0.2, 0.25) is 0 Å². The van der Waals surface area contributed by atoms with Crippen molar-refractivity contribution in [2.24, 2.45) is 0 Å². The average Bonchev–Trinajstić information content (AvgIpc) is 2.91. The molecule has 1 aromatic carbocycles. The number of carbonyl (C=O) groups excluding carboxylic acids is 1. The van der Waals surface area contributed by atoms with Crippen molar-refractivity contribution < 1.29 is 14.3 Å². The molecular formula is C14H16N4O3. The summed E-state index contributed by atoms with van der Waals surface area (Å²) in [5.74, 6) is 0.759. The molecule has 7 heteroatoms. The summed E-state index contributed by atoms with van der Waals surface area (Å²) < 4.78 is 11.5. The highest BCUT2D eigenvalue weighted by molar-refractivity contribution is 6.15. The highest BCUT2D eigenvalue weighted by atomic mass is 16.5. The van der Waals surface area contributed by atoms with E-state index in [9.17, 15) is 4.79 Å². The minimum atomic E-state index is -0.483. The molecule has 1 aromatic heterocycles. The predicted molar refractivity (Wildman–Crippen MR) is 76.3 cm³/mol. The maximum atomic E-state index is 12.1. The molecule has 2 rings (SSSR count). The van der Waals surface area contributed by atoms with E-state index in [1.54, 1.807) is 39.2 Å². The van der Waals surface area contributed by atoms with Gasteiger partial charge in [0, 0.05) is 0 Å². The lowest BCUT2D eigenvalue weighted by atomic mass is 10.2. The molecule has 1 heterocycles. The van der Waals surface area contributed by atoms with Gasteiger partial charge in [0.1, 0.15) is 5.75 Å². The topological polar surface area (TPSA) is 79.1 Å². The molecule has 0 saturated carbocycles. The van der Waals surface area contributed by atoms with Crippen LogP contribution >= 0.6 is 0 Å². The predicted octanol–water partition coefficient (Wildman–Crippen LogP) is 1.55. The van der Waals surface area contributed by atoms with E-state index in [2.05, 4.69) is 15.5 Å². The van der Waals surface area contributed by atoms with Gasteiger partial charge in [0.25, 0.3) is 0 Å². The Morgan fingerprint density at radius 1 is 1.33 bits per heavy atom. The van der Waals surface area contributed by atoms with Crippen LogP contribution in [0.3, 0.4) is 0 Å². The van der Waals surface area contributed by atoms with Crippen LogP contribution in [-0.4, -0.2) is 39.9 Å². The van der Waals surface area contributed by atoms with E-state index in [1.807, 2.05) is 12.1 Å². The Bertz CT molecular complexity index is 646. The zero-order chi connectivity index (χ0) is 15.2. The molecule has 0 unspecified atom stereocenters. The van der Waals surface area contributed by atoms with Gasteiger partial charge in [0.05, 0.1) is 13.7 Å². The summed E-state index contributed by atoms with van der Waals surface area (Å²) in [6, 6.07) is 7.28. The maximum absolute atomic E-state index is 12.1. The average molecular weight is 288 g/mol. The van der Waals surface area contributed by atoms with Crippen molar-refractivity contribution in [3.63, 3.8) is 0 Å². The third-order valence-electron chi connectivity index (χ3n) is 2.76. The fourth-order valence-electron chi connectivity index (χ4n) is 1.72. The Kier molecular flexibility index (Phi) is 4.65. The van der Waals surface area contributed by atoms with Gasteiger partial charge in [-0.25, -0.2) is 4.79 Å². The molecule has 2 aromatic rings. The van der Waals surface area contributed by atoms with E-state index in [0.717, 1.165) is 11.3 Å². The standard InChI is InChI=1S/C14H16N4O3/c1-4-21-14(19)13(18-10(2)15-16-17-18)9-11-5-7-12(20-3)8-6-11/h5-9H,4H2,1-3H3/b13-9+. The molecule has 0 atom stereocenters. The van der Waals surface area contributed by atoms with Crippen LogP contribution in [0.5, 0.6) is 5.75 Å². The van der Waals surface area contributed by atoms with Crippen LogP contribution in [0.1, 0.15) is 18.3 Å². The Hall–Kier alpha value is -2.70. The van der Waals surface area contributed by atoms with E-state index in [1.165, 1.54) is 4.68 Å². The van der Waals surface area contributed by atoms with Gasteiger partial charge >= 0.3 is 5.97 Å². The summed E-state index contributed by atoms with van der Waals surface area (Å²) in [7, 11) is 1.60. The summed E-state index contributed by atoms with van der Waals surface area (Å²) in [6.07, 6.45) is 1.67. The number of methoxy groups -OCH3 is 1. The number of aryl methyl sites for hydroxylation is 1. The Balaban J connectivity index is 2.40. The molecule has 0 spiro atoms. The molecule has 0 aliphatic heterocycles. The van der Waals surface area contributed by atoms with Crippen molar-refractivity contribution in [2.75, 3.05) is 13.7 Å². The Morgan fingerprint density at radius 3 is 2.57 bits per heavy atom. The number of rotatable bonds is 5. The summed E-state index contributed by atoms with van der Waals surface area (Å²) in [5, 5.41) is 11.1. The molecule has 0 N–H and O–H groups in total. The fraction of sp³-hybridized carbons (Fsp3) is 0.286. The maximum Gasteiger partial charge on any atom is 0.357 e. The highest BCUT2D eigenvalue weighted by Gasteiger charge is 2.17. The van der Waals surface area contributed by atoms with E-state index in [0.29, 0.717) is 5.82 Å².